The first kappa shape index (κ1) is 17.8. The van der Waals surface area contributed by atoms with E-state index in [-0.39, 0.29) is 17.4 Å². The summed E-state index contributed by atoms with van der Waals surface area (Å²) >= 11 is 3.72. The van der Waals surface area contributed by atoms with Gasteiger partial charge in [0.1, 0.15) is 0 Å². The van der Waals surface area contributed by atoms with E-state index < -0.39 is 0 Å². The van der Waals surface area contributed by atoms with Crippen LogP contribution in [0.5, 0.6) is 0 Å². The number of aromatic nitrogens is 1. The number of rotatable bonds is 3. The summed E-state index contributed by atoms with van der Waals surface area (Å²) in [6.07, 6.45) is 3.19. The molecule has 2 heterocycles. The van der Waals surface area contributed by atoms with Crippen LogP contribution < -0.4 is 0 Å². The Labute approximate surface area is 163 Å². The van der Waals surface area contributed by atoms with Crippen LogP contribution in [0.15, 0.2) is 28.9 Å². The standard InChI is InChI=1S/C21H26BrN3O/c1-5-25(6-2)20(26)13-10-16-14-8-7-9-17-18(14)15(19(22)23-17)11-21(16,3)24(4)12-13/h7-10,13,23H,5-6,11-12H2,1-4H3/t13-,21-/m1/s1. The Hall–Kier alpha value is -1.59. The van der Waals surface area contributed by atoms with Crippen LogP contribution in [0.2, 0.25) is 0 Å². The van der Waals surface area contributed by atoms with Crippen LogP contribution in [0.1, 0.15) is 31.9 Å². The van der Waals surface area contributed by atoms with Crippen molar-refractivity contribution in [2.24, 2.45) is 5.92 Å². The maximum Gasteiger partial charge on any atom is 0.230 e. The van der Waals surface area contributed by atoms with Crippen LogP contribution in [0, 0.1) is 5.92 Å². The van der Waals surface area contributed by atoms with Crippen molar-refractivity contribution in [1.29, 1.82) is 0 Å². The maximum absolute atomic E-state index is 13.0. The Morgan fingerprint density at radius 1 is 1.38 bits per heavy atom. The molecular formula is C21H26BrN3O. The first-order valence-corrected chi connectivity index (χ1v) is 10.2. The van der Waals surface area contributed by atoms with Gasteiger partial charge < -0.3 is 9.88 Å². The SMILES string of the molecule is CCN(CC)C(=O)[C@@H]1C=C2c3cccc4[nH]c(Br)c(c34)C[C@@]2(C)N(C)C1. The molecule has 0 fully saturated rings. The van der Waals surface area contributed by atoms with E-state index in [2.05, 4.69) is 77.9 Å². The van der Waals surface area contributed by atoms with Gasteiger partial charge in [-0.05, 0) is 72.9 Å². The van der Waals surface area contributed by atoms with E-state index in [1.165, 1.54) is 22.1 Å². The summed E-state index contributed by atoms with van der Waals surface area (Å²) in [6, 6.07) is 6.43. The maximum atomic E-state index is 13.0. The van der Waals surface area contributed by atoms with Gasteiger partial charge >= 0.3 is 0 Å². The molecule has 4 rings (SSSR count). The molecule has 1 aromatic heterocycles. The predicted octanol–water partition coefficient (Wildman–Crippen LogP) is 4.06. The van der Waals surface area contributed by atoms with E-state index in [0.29, 0.717) is 0 Å². The predicted molar refractivity (Wildman–Crippen MR) is 110 cm³/mol. The number of benzene rings is 1. The van der Waals surface area contributed by atoms with E-state index in [0.717, 1.165) is 36.2 Å². The Bertz CT molecular complexity index is 911. The average molecular weight is 416 g/mol. The molecule has 0 bridgehead atoms. The lowest BCUT2D eigenvalue weighted by Crippen LogP contribution is -2.54. The number of hydrogen-bond donors (Lipinski definition) is 1. The van der Waals surface area contributed by atoms with Gasteiger partial charge in [0, 0.05) is 36.1 Å². The zero-order valence-electron chi connectivity index (χ0n) is 15.9. The molecule has 4 nitrogen and oxygen atoms in total. The minimum Gasteiger partial charge on any atom is -0.349 e. The number of carbonyl (C=O) groups excluding carboxylic acids is 1. The van der Waals surface area contributed by atoms with Crippen molar-refractivity contribution in [2.75, 3.05) is 26.7 Å². The van der Waals surface area contributed by atoms with Crippen LogP contribution in [0.25, 0.3) is 16.5 Å². The van der Waals surface area contributed by atoms with Crippen LogP contribution in [-0.4, -0.2) is 52.9 Å². The third-order valence-electron chi connectivity index (χ3n) is 6.34. The van der Waals surface area contributed by atoms with Gasteiger partial charge in [-0.3, -0.25) is 9.69 Å². The molecule has 1 amide bonds. The molecule has 2 atom stereocenters. The average Bonchev–Trinajstić information content (AvgIpc) is 2.94. The molecular weight excluding hydrogens is 390 g/mol. The topological polar surface area (TPSA) is 39.3 Å². The third kappa shape index (κ3) is 2.40. The van der Waals surface area contributed by atoms with Crippen molar-refractivity contribution in [3.05, 3.63) is 40.0 Å². The zero-order valence-corrected chi connectivity index (χ0v) is 17.5. The summed E-state index contributed by atoms with van der Waals surface area (Å²) < 4.78 is 1.08. The molecule has 2 aliphatic rings. The Morgan fingerprint density at radius 3 is 2.81 bits per heavy atom. The van der Waals surface area contributed by atoms with Crippen molar-refractivity contribution in [3.8, 4) is 0 Å². The molecule has 1 N–H and O–H groups in total. The molecule has 1 aliphatic carbocycles. The lowest BCUT2D eigenvalue weighted by molar-refractivity contribution is -0.134. The van der Waals surface area contributed by atoms with Gasteiger partial charge in [0.25, 0.3) is 0 Å². The highest BCUT2D eigenvalue weighted by Crippen LogP contribution is 2.48. The van der Waals surface area contributed by atoms with E-state index in [4.69, 9.17) is 0 Å². The first-order valence-electron chi connectivity index (χ1n) is 9.42. The smallest absolute Gasteiger partial charge is 0.230 e. The highest BCUT2D eigenvalue weighted by molar-refractivity contribution is 9.10. The highest BCUT2D eigenvalue weighted by Gasteiger charge is 2.45. The molecule has 0 saturated heterocycles. The van der Waals surface area contributed by atoms with E-state index in [1.807, 2.05) is 4.90 Å². The number of nitrogens with one attached hydrogen (secondary N) is 1. The second-order valence-corrected chi connectivity index (χ2v) is 8.47. The van der Waals surface area contributed by atoms with E-state index in [1.54, 1.807) is 0 Å². The summed E-state index contributed by atoms with van der Waals surface area (Å²) in [5.74, 6) is 0.159. The number of fused-ring (bicyclic) bond motifs is 2. The van der Waals surface area contributed by atoms with Crippen molar-refractivity contribution in [1.82, 2.24) is 14.8 Å². The number of halogens is 1. The molecule has 0 saturated carbocycles. The van der Waals surface area contributed by atoms with Gasteiger partial charge in [-0.1, -0.05) is 18.2 Å². The molecule has 0 unspecified atom stereocenters. The summed E-state index contributed by atoms with van der Waals surface area (Å²) in [7, 11) is 2.15. The van der Waals surface area contributed by atoms with Crippen molar-refractivity contribution < 1.29 is 4.79 Å². The van der Waals surface area contributed by atoms with Crippen LogP contribution in [0.3, 0.4) is 0 Å². The fraction of sp³-hybridized carbons (Fsp3) is 0.476. The van der Waals surface area contributed by atoms with Crippen molar-refractivity contribution in [2.45, 2.75) is 32.7 Å². The Kier molecular flexibility index (Phi) is 4.27. The monoisotopic (exact) mass is 415 g/mol. The summed E-state index contributed by atoms with van der Waals surface area (Å²) in [6.45, 7) is 8.70. The summed E-state index contributed by atoms with van der Waals surface area (Å²) in [4.78, 5) is 20.8. The second-order valence-electron chi connectivity index (χ2n) is 7.67. The largest absolute Gasteiger partial charge is 0.349 e. The third-order valence-corrected chi connectivity index (χ3v) is 7.02. The van der Waals surface area contributed by atoms with Crippen LogP contribution in [0.4, 0.5) is 0 Å². The highest BCUT2D eigenvalue weighted by atomic mass is 79.9. The fourth-order valence-corrected chi connectivity index (χ4v) is 5.24. The number of likely N-dealkylation sites (N-methyl/N-ethyl adjacent to an activating group) is 1. The lowest BCUT2D eigenvalue weighted by Gasteiger charge is -2.48. The lowest BCUT2D eigenvalue weighted by atomic mass is 9.71. The molecule has 138 valence electrons. The number of hydrogen-bond acceptors (Lipinski definition) is 2. The zero-order chi connectivity index (χ0) is 18.6. The summed E-state index contributed by atoms with van der Waals surface area (Å²) in [5.41, 5.74) is 4.97. The van der Waals surface area contributed by atoms with Gasteiger partial charge in [-0.2, -0.15) is 0 Å². The molecule has 0 radical (unpaired) electrons. The van der Waals surface area contributed by atoms with E-state index in [9.17, 15) is 4.79 Å². The number of aromatic amines is 1. The van der Waals surface area contributed by atoms with Gasteiger partial charge in [-0.15, -0.1) is 0 Å². The van der Waals surface area contributed by atoms with Gasteiger partial charge in [0.15, 0.2) is 0 Å². The van der Waals surface area contributed by atoms with Gasteiger partial charge in [0.2, 0.25) is 5.91 Å². The quantitative estimate of drug-likeness (QED) is 0.820. The van der Waals surface area contributed by atoms with Gasteiger partial charge in [0.05, 0.1) is 10.5 Å². The fourth-order valence-electron chi connectivity index (χ4n) is 4.68. The number of amides is 1. The number of carbonyl (C=O) groups is 1. The number of nitrogens with zero attached hydrogens (tertiary/aromatic N) is 2. The molecule has 1 aromatic carbocycles. The molecule has 2 aromatic rings. The number of H-pyrrole nitrogens is 1. The van der Waals surface area contributed by atoms with Crippen LogP contribution >= 0.6 is 15.9 Å². The molecule has 26 heavy (non-hydrogen) atoms. The molecule has 1 aliphatic heterocycles. The molecule has 0 spiro atoms. The van der Waals surface area contributed by atoms with E-state index >= 15 is 0 Å². The Morgan fingerprint density at radius 2 is 2.12 bits per heavy atom. The van der Waals surface area contributed by atoms with Gasteiger partial charge in [-0.25, -0.2) is 0 Å². The first-order chi connectivity index (χ1) is 12.4. The molecule has 5 heteroatoms. The Balaban J connectivity index is 1.88. The van der Waals surface area contributed by atoms with Crippen molar-refractivity contribution in [3.63, 3.8) is 0 Å². The minimum absolute atomic E-state index is 0.0813. The second kappa shape index (κ2) is 6.24. The van der Waals surface area contributed by atoms with Crippen LogP contribution in [-0.2, 0) is 11.2 Å². The summed E-state index contributed by atoms with van der Waals surface area (Å²) in [5, 5.41) is 1.30. The van der Waals surface area contributed by atoms with Crippen molar-refractivity contribution >= 4 is 38.3 Å². The minimum atomic E-state index is -0.0912. The normalized spacial score (nSPS) is 25.1.